The fraction of sp³-hybridized carbons (Fsp3) is 0.600. The van der Waals surface area contributed by atoms with E-state index in [-0.39, 0.29) is 5.91 Å². The summed E-state index contributed by atoms with van der Waals surface area (Å²) in [6, 6.07) is 2.26. The molecule has 0 radical (unpaired) electrons. The maximum Gasteiger partial charge on any atom is 0.323 e. The Morgan fingerprint density at radius 3 is 2.83 bits per heavy atom. The summed E-state index contributed by atoms with van der Waals surface area (Å²) in [7, 11) is 3.76. The average Bonchev–Trinajstić information content (AvgIpc) is 3.24. The highest BCUT2D eigenvalue weighted by Crippen LogP contribution is 2.23. The topological polar surface area (TPSA) is 91.2 Å². The number of hydrogen-bond donors (Lipinski definition) is 1. The van der Waals surface area contributed by atoms with Crippen molar-refractivity contribution in [1.29, 1.82) is 0 Å². The molecule has 2 aromatic heterocycles. The van der Waals surface area contributed by atoms with Crippen LogP contribution in [0.15, 0.2) is 16.8 Å². The van der Waals surface area contributed by atoms with E-state index in [1.165, 1.54) is 0 Å². The normalized spacial score (nSPS) is 15.8. The number of amides is 1. The molecule has 1 fully saturated rings. The van der Waals surface area contributed by atoms with Crippen LogP contribution in [0.4, 0.5) is 6.01 Å². The van der Waals surface area contributed by atoms with Gasteiger partial charge >= 0.3 is 6.01 Å². The van der Waals surface area contributed by atoms with E-state index in [1.54, 1.807) is 17.2 Å². The number of rotatable bonds is 5. The first kappa shape index (κ1) is 15.5. The molecule has 0 saturated carbocycles. The van der Waals surface area contributed by atoms with Crippen molar-refractivity contribution >= 4 is 11.9 Å². The maximum absolute atomic E-state index is 12.2. The van der Waals surface area contributed by atoms with E-state index < -0.39 is 0 Å². The lowest BCUT2D eigenvalue weighted by molar-refractivity contribution is 0.0680. The third-order valence-corrected chi connectivity index (χ3v) is 4.25. The zero-order valence-electron chi connectivity index (χ0n) is 13.5. The standard InChI is InChI=1S/C15H22N6O2/c1-20(2)15-17-13(19-23-15)4-3-11-6-9-21(10-7-11)14(22)12-5-8-16-18-12/h5,8,11H,3-4,6-7,9-10H2,1-2H3,(H,16,18). The molecule has 1 aliphatic heterocycles. The highest BCUT2D eigenvalue weighted by molar-refractivity contribution is 5.92. The van der Waals surface area contributed by atoms with Crippen molar-refractivity contribution in [3.05, 3.63) is 23.8 Å². The van der Waals surface area contributed by atoms with Gasteiger partial charge in [-0.2, -0.15) is 10.1 Å². The van der Waals surface area contributed by atoms with Crippen molar-refractivity contribution in [2.75, 3.05) is 32.1 Å². The summed E-state index contributed by atoms with van der Waals surface area (Å²) in [5, 5.41) is 10.6. The molecule has 3 rings (SSSR count). The largest absolute Gasteiger partial charge is 0.337 e. The van der Waals surface area contributed by atoms with Gasteiger partial charge < -0.3 is 14.3 Å². The van der Waals surface area contributed by atoms with Gasteiger partial charge in [-0.1, -0.05) is 5.16 Å². The molecule has 0 atom stereocenters. The van der Waals surface area contributed by atoms with E-state index >= 15 is 0 Å². The lowest BCUT2D eigenvalue weighted by Gasteiger charge is -2.31. The summed E-state index contributed by atoms with van der Waals surface area (Å²) < 4.78 is 5.16. The van der Waals surface area contributed by atoms with Crippen molar-refractivity contribution in [3.63, 3.8) is 0 Å². The Labute approximate surface area is 134 Å². The fourth-order valence-corrected chi connectivity index (χ4v) is 2.83. The maximum atomic E-state index is 12.2. The van der Waals surface area contributed by atoms with E-state index in [9.17, 15) is 4.79 Å². The molecule has 1 amide bonds. The second-order valence-corrected chi connectivity index (χ2v) is 6.13. The SMILES string of the molecule is CN(C)c1nc(CCC2CCN(C(=O)c3ccn[nH]3)CC2)no1. The van der Waals surface area contributed by atoms with Crippen LogP contribution >= 0.6 is 0 Å². The quantitative estimate of drug-likeness (QED) is 0.894. The van der Waals surface area contributed by atoms with E-state index in [4.69, 9.17) is 4.52 Å². The molecule has 1 aliphatic rings. The molecular weight excluding hydrogens is 296 g/mol. The Balaban J connectivity index is 1.45. The van der Waals surface area contributed by atoms with Crippen LogP contribution in [0, 0.1) is 5.92 Å². The summed E-state index contributed by atoms with van der Waals surface area (Å²) in [4.78, 5) is 20.3. The van der Waals surface area contributed by atoms with Crippen molar-refractivity contribution in [3.8, 4) is 0 Å². The number of aromatic nitrogens is 4. The number of H-pyrrole nitrogens is 1. The van der Waals surface area contributed by atoms with Gasteiger partial charge in [0.2, 0.25) is 0 Å². The molecule has 0 bridgehead atoms. The first-order valence-corrected chi connectivity index (χ1v) is 7.92. The Morgan fingerprint density at radius 1 is 1.43 bits per heavy atom. The molecule has 0 aliphatic carbocycles. The molecule has 8 nitrogen and oxygen atoms in total. The van der Waals surface area contributed by atoms with E-state index in [2.05, 4.69) is 20.3 Å². The molecule has 23 heavy (non-hydrogen) atoms. The summed E-state index contributed by atoms with van der Waals surface area (Å²) in [5.74, 6) is 1.39. The van der Waals surface area contributed by atoms with Crippen LogP contribution in [0.1, 0.15) is 35.6 Å². The number of carbonyl (C=O) groups is 1. The second kappa shape index (κ2) is 6.80. The molecule has 2 aromatic rings. The summed E-state index contributed by atoms with van der Waals surface area (Å²) in [6.07, 6.45) is 5.47. The molecule has 3 heterocycles. The van der Waals surface area contributed by atoms with E-state index in [0.29, 0.717) is 17.6 Å². The molecule has 124 valence electrons. The summed E-state index contributed by atoms with van der Waals surface area (Å²) >= 11 is 0. The van der Waals surface area contributed by atoms with Gasteiger partial charge in [-0.25, -0.2) is 0 Å². The minimum atomic E-state index is 0.0368. The van der Waals surface area contributed by atoms with Gasteiger partial charge in [0.15, 0.2) is 5.82 Å². The van der Waals surface area contributed by atoms with Crippen LogP contribution in [0.3, 0.4) is 0 Å². The first-order valence-electron chi connectivity index (χ1n) is 7.92. The van der Waals surface area contributed by atoms with E-state index in [1.807, 2.05) is 19.0 Å². The predicted molar refractivity (Wildman–Crippen MR) is 84.2 cm³/mol. The minimum absolute atomic E-state index is 0.0368. The Kier molecular flexibility index (Phi) is 4.59. The third kappa shape index (κ3) is 3.69. The van der Waals surface area contributed by atoms with Crippen LogP contribution in [-0.2, 0) is 6.42 Å². The van der Waals surface area contributed by atoms with Gasteiger partial charge in [-0.15, -0.1) is 0 Å². The zero-order chi connectivity index (χ0) is 16.2. The van der Waals surface area contributed by atoms with Gasteiger partial charge in [0, 0.05) is 39.8 Å². The zero-order valence-corrected chi connectivity index (χ0v) is 13.5. The predicted octanol–water partition coefficient (Wildman–Crippen LogP) is 1.34. The van der Waals surface area contributed by atoms with E-state index in [0.717, 1.165) is 44.6 Å². The smallest absolute Gasteiger partial charge is 0.323 e. The molecule has 1 saturated heterocycles. The number of nitrogens with one attached hydrogen (secondary N) is 1. The Bertz CT molecular complexity index is 628. The van der Waals surface area contributed by atoms with Crippen molar-refractivity contribution in [2.24, 2.45) is 5.92 Å². The average molecular weight is 318 g/mol. The van der Waals surface area contributed by atoms with Crippen molar-refractivity contribution in [1.82, 2.24) is 25.2 Å². The number of piperidine rings is 1. The molecular formula is C15H22N6O2. The first-order chi connectivity index (χ1) is 11.1. The van der Waals surface area contributed by atoms with Crippen LogP contribution in [0.5, 0.6) is 0 Å². The molecule has 0 unspecified atom stereocenters. The van der Waals surface area contributed by atoms with Crippen LogP contribution < -0.4 is 4.90 Å². The van der Waals surface area contributed by atoms with Crippen LogP contribution in [-0.4, -0.2) is 58.3 Å². The number of hydrogen-bond acceptors (Lipinski definition) is 6. The minimum Gasteiger partial charge on any atom is -0.337 e. The lowest BCUT2D eigenvalue weighted by atomic mass is 9.92. The lowest BCUT2D eigenvalue weighted by Crippen LogP contribution is -2.38. The Hall–Kier alpha value is -2.38. The number of carbonyl (C=O) groups excluding carboxylic acids is 1. The number of anilines is 1. The highest BCUT2D eigenvalue weighted by Gasteiger charge is 2.24. The summed E-state index contributed by atoms with van der Waals surface area (Å²) in [6.45, 7) is 1.58. The third-order valence-electron chi connectivity index (χ3n) is 4.25. The van der Waals surface area contributed by atoms with Gasteiger partial charge in [-0.05, 0) is 31.2 Å². The highest BCUT2D eigenvalue weighted by atomic mass is 16.5. The van der Waals surface area contributed by atoms with Gasteiger partial charge in [0.05, 0.1) is 0 Å². The number of likely N-dealkylation sites (tertiary alicyclic amines) is 1. The van der Waals surface area contributed by atoms with Crippen LogP contribution in [0.2, 0.25) is 0 Å². The molecule has 1 N–H and O–H groups in total. The molecule has 8 heteroatoms. The van der Waals surface area contributed by atoms with Crippen molar-refractivity contribution in [2.45, 2.75) is 25.7 Å². The Morgan fingerprint density at radius 2 is 2.22 bits per heavy atom. The van der Waals surface area contributed by atoms with Crippen LogP contribution in [0.25, 0.3) is 0 Å². The fourth-order valence-electron chi connectivity index (χ4n) is 2.83. The van der Waals surface area contributed by atoms with Gasteiger partial charge in [0.25, 0.3) is 5.91 Å². The molecule has 0 aromatic carbocycles. The van der Waals surface area contributed by atoms with Crippen molar-refractivity contribution < 1.29 is 9.32 Å². The number of nitrogens with zero attached hydrogens (tertiary/aromatic N) is 5. The number of aromatic amines is 1. The number of aryl methyl sites for hydroxylation is 1. The van der Waals surface area contributed by atoms with Gasteiger partial charge in [-0.3, -0.25) is 9.89 Å². The monoisotopic (exact) mass is 318 g/mol. The molecule has 0 spiro atoms. The van der Waals surface area contributed by atoms with Gasteiger partial charge in [0.1, 0.15) is 5.69 Å². The second-order valence-electron chi connectivity index (χ2n) is 6.13. The summed E-state index contributed by atoms with van der Waals surface area (Å²) in [5.41, 5.74) is 0.562.